The second-order valence-corrected chi connectivity index (χ2v) is 6.88. The minimum absolute atomic E-state index is 0.0217. The largest absolute Gasteiger partial charge is 0.485 e. The highest BCUT2D eigenvalue weighted by molar-refractivity contribution is 6.08. The lowest BCUT2D eigenvalue weighted by Gasteiger charge is -2.06. The Bertz CT molecular complexity index is 1130. The summed E-state index contributed by atoms with van der Waals surface area (Å²) >= 11 is 0. The topological polar surface area (TPSA) is 55.0 Å². The minimum atomic E-state index is -0.0229. The number of hydrogen-bond donors (Lipinski definition) is 1. The lowest BCUT2D eigenvalue weighted by Crippen LogP contribution is -2.11. The molecule has 2 aromatic heterocycles. The molecule has 26 heavy (non-hydrogen) atoms. The minimum Gasteiger partial charge on any atom is -0.485 e. The van der Waals surface area contributed by atoms with Crippen LogP contribution in [0.1, 0.15) is 34.7 Å². The number of carbonyl (C=O) groups excluding carboxylic acids is 1. The number of nitrogens with one attached hydrogen (secondary N) is 1. The predicted molar refractivity (Wildman–Crippen MR) is 102 cm³/mol. The average molecular weight is 342 g/mol. The van der Waals surface area contributed by atoms with Gasteiger partial charge < -0.3 is 9.72 Å². The van der Waals surface area contributed by atoms with Crippen molar-refractivity contribution in [2.45, 2.75) is 18.8 Å². The molecule has 1 aliphatic carbocycles. The Hall–Kier alpha value is -3.14. The van der Waals surface area contributed by atoms with Gasteiger partial charge in [-0.1, -0.05) is 12.1 Å². The third kappa shape index (κ3) is 2.73. The number of benzene rings is 2. The first-order valence-corrected chi connectivity index (χ1v) is 8.89. The monoisotopic (exact) mass is 342 g/mol. The van der Waals surface area contributed by atoms with E-state index in [0.717, 1.165) is 21.7 Å². The highest BCUT2D eigenvalue weighted by Crippen LogP contribution is 2.41. The standard InChI is InChI=1S/C22H18N2O2/c25-22(13-26-18-5-3-17-11-23-8-7-16(17)9-18)20-12-24-21-10-15(14-1-2-14)4-6-19(20)21/h3-12,14,24H,1-2,13H2. The molecule has 0 radical (unpaired) electrons. The van der Waals surface area contributed by atoms with E-state index in [0.29, 0.717) is 17.2 Å². The number of aromatic amines is 1. The van der Waals surface area contributed by atoms with Gasteiger partial charge in [-0.3, -0.25) is 9.78 Å². The maximum absolute atomic E-state index is 12.6. The molecule has 1 N–H and O–H groups in total. The highest BCUT2D eigenvalue weighted by Gasteiger charge is 2.24. The lowest BCUT2D eigenvalue weighted by atomic mass is 10.1. The van der Waals surface area contributed by atoms with Crippen molar-refractivity contribution in [1.29, 1.82) is 0 Å². The van der Waals surface area contributed by atoms with Gasteiger partial charge in [0.1, 0.15) is 5.75 Å². The van der Waals surface area contributed by atoms with Gasteiger partial charge in [0.05, 0.1) is 0 Å². The number of aromatic nitrogens is 2. The highest BCUT2D eigenvalue weighted by atomic mass is 16.5. The van der Waals surface area contributed by atoms with Crippen LogP contribution in [-0.2, 0) is 0 Å². The van der Waals surface area contributed by atoms with E-state index in [-0.39, 0.29) is 12.4 Å². The zero-order chi connectivity index (χ0) is 17.5. The SMILES string of the molecule is O=C(COc1ccc2cnccc2c1)c1c[nH]c2cc(C3CC3)ccc12. The van der Waals surface area contributed by atoms with Gasteiger partial charge in [0.2, 0.25) is 5.78 Å². The molecule has 0 bridgehead atoms. The first-order valence-electron chi connectivity index (χ1n) is 8.89. The summed E-state index contributed by atoms with van der Waals surface area (Å²) in [5.41, 5.74) is 3.07. The quantitative estimate of drug-likeness (QED) is 0.527. The summed E-state index contributed by atoms with van der Waals surface area (Å²) in [6.45, 7) is 0.0217. The number of ether oxygens (including phenoxy) is 1. The van der Waals surface area contributed by atoms with Crippen LogP contribution in [0.2, 0.25) is 0 Å². The molecule has 4 aromatic rings. The summed E-state index contributed by atoms with van der Waals surface area (Å²) in [5.74, 6) is 1.37. The Morgan fingerprint density at radius 2 is 2.04 bits per heavy atom. The summed E-state index contributed by atoms with van der Waals surface area (Å²) in [7, 11) is 0. The summed E-state index contributed by atoms with van der Waals surface area (Å²) < 4.78 is 5.74. The van der Waals surface area contributed by atoms with Gasteiger partial charge in [0, 0.05) is 40.4 Å². The molecular formula is C22H18N2O2. The molecule has 2 heterocycles. The third-order valence-corrected chi connectivity index (χ3v) is 5.04. The molecule has 1 saturated carbocycles. The molecule has 0 unspecified atom stereocenters. The number of carbonyl (C=O) groups is 1. The van der Waals surface area contributed by atoms with Crippen LogP contribution in [0, 0.1) is 0 Å². The fourth-order valence-corrected chi connectivity index (χ4v) is 3.42. The van der Waals surface area contributed by atoms with E-state index >= 15 is 0 Å². The van der Waals surface area contributed by atoms with Crippen LogP contribution in [0.15, 0.2) is 61.1 Å². The van der Waals surface area contributed by atoms with Crippen LogP contribution in [0.25, 0.3) is 21.7 Å². The molecule has 1 aliphatic rings. The molecule has 128 valence electrons. The molecule has 5 rings (SSSR count). The first-order chi connectivity index (χ1) is 12.8. The zero-order valence-corrected chi connectivity index (χ0v) is 14.2. The van der Waals surface area contributed by atoms with Crippen LogP contribution >= 0.6 is 0 Å². The Morgan fingerprint density at radius 3 is 2.92 bits per heavy atom. The van der Waals surface area contributed by atoms with E-state index in [1.54, 1.807) is 12.4 Å². The smallest absolute Gasteiger partial charge is 0.202 e. The second-order valence-electron chi connectivity index (χ2n) is 6.88. The Morgan fingerprint density at radius 1 is 1.12 bits per heavy atom. The number of nitrogens with zero attached hydrogens (tertiary/aromatic N) is 1. The van der Waals surface area contributed by atoms with E-state index in [1.807, 2.05) is 30.5 Å². The molecule has 0 amide bonds. The number of Topliss-reactive ketones (excluding diaryl/α,β-unsaturated/α-hetero) is 1. The number of fused-ring (bicyclic) bond motifs is 2. The van der Waals surface area contributed by atoms with Crippen molar-refractivity contribution in [2.75, 3.05) is 6.61 Å². The van der Waals surface area contributed by atoms with Crippen molar-refractivity contribution >= 4 is 27.5 Å². The molecule has 0 saturated heterocycles. The van der Waals surface area contributed by atoms with Gasteiger partial charge in [-0.05, 0) is 60.0 Å². The maximum atomic E-state index is 12.6. The summed E-state index contributed by atoms with van der Waals surface area (Å²) in [5, 5.41) is 3.06. The average Bonchev–Trinajstić information content (AvgIpc) is 3.45. The van der Waals surface area contributed by atoms with Crippen LogP contribution in [0.5, 0.6) is 5.75 Å². The summed E-state index contributed by atoms with van der Waals surface area (Å²) in [6, 6.07) is 14.0. The Balaban J connectivity index is 1.35. The number of pyridine rings is 1. The van der Waals surface area contributed by atoms with Gasteiger partial charge in [0.15, 0.2) is 6.61 Å². The Labute approximate surface area is 150 Å². The molecule has 0 atom stereocenters. The Kier molecular flexibility index (Phi) is 3.49. The summed E-state index contributed by atoms with van der Waals surface area (Å²) in [4.78, 5) is 20.0. The van der Waals surface area contributed by atoms with Crippen LogP contribution in [0.3, 0.4) is 0 Å². The first kappa shape index (κ1) is 15.1. The van der Waals surface area contributed by atoms with Gasteiger partial charge in [-0.2, -0.15) is 0 Å². The van der Waals surface area contributed by atoms with E-state index in [4.69, 9.17) is 4.74 Å². The number of H-pyrrole nitrogens is 1. The number of ketones is 1. The fourth-order valence-electron chi connectivity index (χ4n) is 3.42. The molecule has 4 heteroatoms. The number of hydrogen-bond acceptors (Lipinski definition) is 3. The molecule has 4 nitrogen and oxygen atoms in total. The van der Waals surface area contributed by atoms with Crippen LogP contribution in [-0.4, -0.2) is 22.4 Å². The van der Waals surface area contributed by atoms with Crippen molar-refractivity contribution in [2.24, 2.45) is 0 Å². The van der Waals surface area contributed by atoms with Gasteiger partial charge in [-0.15, -0.1) is 0 Å². The molecule has 2 aromatic carbocycles. The van der Waals surface area contributed by atoms with Gasteiger partial charge in [0.25, 0.3) is 0 Å². The van der Waals surface area contributed by atoms with Gasteiger partial charge >= 0.3 is 0 Å². The molecule has 0 spiro atoms. The van der Waals surface area contributed by atoms with E-state index < -0.39 is 0 Å². The van der Waals surface area contributed by atoms with Crippen LogP contribution in [0.4, 0.5) is 0 Å². The van der Waals surface area contributed by atoms with Crippen molar-refractivity contribution in [1.82, 2.24) is 9.97 Å². The van der Waals surface area contributed by atoms with Crippen molar-refractivity contribution in [3.63, 3.8) is 0 Å². The number of rotatable bonds is 5. The van der Waals surface area contributed by atoms with E-state index in [2.05, 4.69) is 28.2 Å². The van der Waals surface area contributed by atoms with Crippen molar-refractivity contribution in [3.05, 3.63) is 72.2 Å². The lowest BCUT2D eigenvalue weighted by molar-refractivity contribution is 0.0923. The predicted octanol–water partition coefficient (Wildman–Crippen LogP) is 4.86. The second kappa shape index (κ2) is 5.99. The zero-order valence-electron chi connectivity index (χ0n) is 14.2. The van der Waals surface area contributed by atoms with Gasteiger partial charge in [-0.25, -0.2) is 0 Å². The van der Waals surface area contributed by atoms with Crippen molar-refractivity contribution < 1.29 is 9.53 Å². The van der Waals surface area contributed by atoms with Crippen LogP contribution < -0.4 is 4.74 Å². The normalized spacial score (nSPS) is 14.0. The fraction of sp³-hybridized carbons (Fsp3) is 0.182. The molecular weight excluding hydrogens is 324 g/mol. The molecule has 1 fully saturated rings. The molecule has 0 aliphatic heterocycles. The van der Waals surface area contributed by atoms with E-state index in [9.17, 15) is 4.79 Å². The van der Waals surface area contributed by atoms with Crippen molar-refractivity contribution in [3.8, 4) is 5.75 Å². The summed E-state index contributed by atoms with van der Waals surface area (Å²) in [6.07, 6.45) is 7.89. The third-order valence-electron chi connectivity index (χ3n) is 5.04. The maximum Gasteiger partial charge on any atom is 0.202 e. The van der Waals surface area contributed by atoms with E-state index in [1.165, 1.54) is 18.4 Å².